The van der Waals surface area contributed by atoms with Gasteiger partial charge < -0.3 is 9.53 Å². The SMILES string of the molecule is CC(C)(C)[Si](OCCCCC[C@@H]1CCC[C@@H]2[C@H]1CCCN2[C@@H](CO)c1ccccc1)(c1ccccc1)c1ccccc1. The Morgan fingerprint density at radius 2 is 1.40 bits per heavy atom. The molecule has 4 atom stereocenters. The molecule has 0 spiro atoms. The van der Waals surface area contributed by atoms with Crippen LogP contribution >= 0.6 is 0 Å². The smallest absolute Gasteiger partial charge is 0.261 e. The van der Waals surface area contributed by atoms with Crippen molar-refractivity contribution in [2.45, 2.75) is 95.7 Å². The van der Waals surface area contributed by atoms with Crippen LogP contribution in [-0.4, -0.2) is 44.1 Å². The maximum Gasteiger partial charge on any atom is 0.261 e. The van der Waals surface area contributed by atoms with Crippen LogP contribution in [0.4, 0.5) is 0 Å². The van der Waals surface area contributed by atoms with Crippen LogP contribution in [0.1, 0.15) is 90.2 Å². The highest BCUT2D eigenvalue weighted by molar-refractivity contribution is 6.99. The Hall–Kier alpha value is -2.24. The average molecular weight is 584 g/mol. The number of aliphatic hydroxyl groups is 1. The third kappa shape index (κ3) is 6.78. The largest absolute Gasteiger partial charge is 0.407 e. The van der Waals surface area contributed by atoms with Crippen LogP contribution in [0.25, 0.3) is 0 Å². The molecule has 2 aliphatic rings. The number of likely N-dealkylation sites (tertiary alicyclic amines) is 1. The topological polar surface area (TPSA) is 32.7 Å². The van der Waals surface area contributed by atoms with Gasteiger partial charge in [0.2, 0.25) is 0 Å². The van der Waals surface area contributed by atoms with E-state index in [2.05, 4.69) is 117 Å². The number of nitrogens with zero attached hydrogens (tertiary/aromatic N) is 1. The van der Waals surface area contributed by atoms with Crippen LogP contribution in [0.3, 0.4) is 0 Å². The van der Waals surface area contributed by atoms with E-state index >= 15 is 0 Å². The van der Waals surface area contributed by atoms with E-state index in [-0.39, 0.29) is 17.7 Å². The molecule has 0 aromatic heterocycles. The normalized spacial score (nSPS) is 22.4. The van der Waals surface area contributed by atoms with Gasteiger partial charge in [-0.25, -0.2) is 0 Å². The van der Waals surface area contributed by atoms with Gasteiger partial charge in [0, 0.05) is 12.6 Å². The number of benzene rings is 3. The quantitative estimate of drug-likeness (QED) is 0.175. The minimum absolute atomic E-state index is 0.0336. The molecule has 3 aromatic carbocycles. The minimum atomic E-state index is -2.44. The van der Waals surface area contributed by atoms with Crippen molar-refractivity contribution in [2.24, 2.45) is 11.8 Å². The standard InChI is InChI=1S/C38H53NO2Si/c1-38(2,3)42(33-22-11-5-12-23-33,34-24-13-6-14-25-34)41-29-15-7-10-18-31-21-16-27-36-35(31)26-17-28-39(36)37(30-40)32-19-8-4-9-20-32/h4-6,8-9,11-14,19-20,22-25,31,35-37,40H,7,10,15-18,21,26-30H2,1-3H3/t31-,35+,36-,37+/m1/s1. The van der Waals surface area contributed by atoms with Crippen molar-refractivity contribution in [1.29, 1.82) is 0 Å². The van der Waals surface area contributed by atoms with Gasteiger partial charge in [-0.15, -0.1) is 0 Å². The van der Waals surface area contributed by atoms with Gasteiger partial charge in [0.05, 0.1) is 12.6 Å². The number of hydrogen-bond acceptors (Lipinski definition) is 3. The lowest BCUT2D eigenvalue weighted by Crippen LogP contribution is -2.66. The van der Waals surface area contributed by atoms with Crippen LogP contribution in [0, 0.1) is 11.8 Å². The molecule has 1 aliphatic heterocycles. The lowest BCUT2D eigenvalue weighted by Gasteiger charge is -2.50. The van der Waals surface area contributed by atoms with Gasteiger partial charge in [-0.1, -0.05) is 144 Å². The zero-order chi connectivity index (χ0) is 29.4. The lowest BCUT2D eigenvalue weighted by molar-refractivity contribution is -0.0208. The summed E-state index contributed by atoms with van der Waals surface area (Å²) in [6, 6.07) is 33.5. The summed E-state index contributed by atoms with van der Waals surface area (Å²) in [4.78, 5) is 2.67. The number of hydrogen-bond donors (Lipinski definition) is 1. The summed E-state index contributed by atoms with van der Waals surface area (Å²) in [5.74, 6) is 1.60. The Kier molecular flexibility index (Phi) is 10.8. The second-order valence-electron chi connectivity index (χ2n) is 13.8. The number of aliphatic hydroxyl groups excluding tert-OH is 1. The first-order valence-corrected chi connectivity index (χ1v) is 18.5. The van der Waals surface area contributed by atoms with Crippen LogP contribution in [0.15, 0.2) is 91.0 Å². The van der Waals surface area contributed by atoms with Crippen molar-refractivity contribution in [3.8, 4) is 0 Å². The Labute approximate surface area is 256 Å². The van der Waals surface area contributed by atoms with E-state index in [4.69, 9.17) is 4.43 Å². The molecule has 2 fully saturated rings. The fourth-order valence-electron chi connectivity index (χ4n) is 8.34. The van der Waals surface area contributed by atoms with E-state index in [0.29, 0.717) is 6.04 Å². The number of piperidine rings is 1. The minimum Gasteiger partial charge on any atom is -0.407 e. The predicted octanol–water partition coefficient (Wildman–Crippen LogP) is 7.74. The fraction of sp³-hybridized carbons (Fsp3) is 0.526. The molecule has 0 radical (unpaired) electrons. The molecular formula is C38H53NO2Si. The molecule has 1 aliphatic carbocycles. The number of unbranched alkanes of at least 4 members (excludes halogenated alkanes) is 2. The monoisotopic (exact) mass is 583 g/mol. The van der Waals surface area contributed by atoms with Gasteiger partial charge >= 0.3 is 0 Å². The molecule has 226 valence electrons. The Balaban J connectivity index is 1.18. The third-order valence-corrected chi connectivity index (χ3v) is 15.3. The number of rotatable bonds is 12. The highest BCUT2D eigenvalue weighted by Gasteiger charge is 2.50. The molecule has 0 bridgehead atoms. The summed E-state index contributed by atoms with van der Waals surface area (Å²) in [7, 11) is -2.44. The number of fused-ring (bicyclic) bond motifs is 1. The van der Waals surface area contributed by atoms with E-state index in [1.165, 1.54) is 67.3 Å². The summed E-state index contributed by atoms with van der Waals surface area (Å²) < 4.78 is 7.15. The Morgan fingerprint density at radius 1 is 0.786 bits per heavy atom. The molecule has 1 heterocycles. The van der Waals surface area contributed by atoms with E-state index in [9.17, 15) is 5.11 Å². The molecule has 3 nitrogen and oxygen atoms in total. The van der Waals surface area contributed by atoms with Gasteiger partial charge in [0.15, 0.2) is 0 Å². The van der Waals surface area contributed by atoms with E-state index in [1.54, 1.807) is 0 Å². The van der Waals surface area contributed by atoms with Gasteiger partial charge in [-0.2, -0.15) is 0 Å². The van der Waals surface area contributed by atoms with Crippen molar-refractivity contribution >= 4 is 18.7 Å². The predicted molar refractivity (Wildman–Crippen MR) is 179 cm³/mol. The Bertz CT molecular complexity index is 1160. The summed E-state index contributed by atoms with van der Waals surface area (Å²) in [6.45, 7) is 9.26. The molecule has 1 N–H and O–H groups in total. The first kappa shape index (κ1) is 31.2. The van der Waals surface area contributed by atoms with Gasteiger partial charge in [-0.05, 0) is 65.0 Å². The van der Waals surface area contributed by atoms with Crippen LogP contribution in [0.2, 0.25) is 5.04 Å². The first-order valence-electron chi connectivity index (χ1n) is 16.6. The highest BCUT2D eigenvalue weighted by atomic mass is 28.4. The van der Waals surface area contributed by atoms with Gasteiger partial charge in [-0.3, -0.25) is 4.90 Å². The van der Waals surface area contributed by atoms with Crippen molar-refractivity contribution in [1.82, 2.24) is 4.90 Å². The van der Waals surface area contributed by atoms with Gasteiger partial charge in [0.1, 0.15) is 0 Å². The average Bonchev–Trinajstić information content (AvgIpc) is 3.02. The fourth-order valence-corrected chi connectivity index (χ4v) is 12.9. The van der Waals surface area contributed by atoms with Crippen LogP contribution in [-0.2, 0) is 4.43 Å². The summed E-state index contributed by atoms with van der Waals surface area (Å²) in [5.41, 5.74) is 1.27. The maximum atomic E-state index is 10.4. The molecule has 5 rings (SSSR count). The summed E-state index contributed by atoms with van der Waals surface area (Å²) in [5, 5.41) is 13.2. The first-order chi connectivity index (χ1) is 20.5. The van der Waals surface area contributed by atoms with E-state index in [0.717, 1.165) is 31.4 Å². The van der Waals surface area contributed by atoms with Crippen molar-refractivity contribution in [2.75, 3.05) is 19.8 Å². The van der Waals surface area contributed by atoms with Crippen molar-refractivity contribution < 1.29 is 9.53 Å². The van der Waals surface area contributed by atoms with Crippen LogP contribution < -0.4 is 10.4 Å². The second kappa shape index (κ2) is 14.5. The lowest BCUT2D eigenvalue weighted by atomic mass is 9.69. The highest BCUT2D eigenvalue weighted by Crippen LogP contribution is 2.44. The molecule has 1 saturated carbocycles. The molecule has 0 unspecified atom stereocenters. The van der Waals surface area contributed by atoms with Crippen molar-refractivity contribution in [3.05, 3.63) is 96.6 Å². The zero-order valence-corrected chi connectivity index (χ0v) is 27.3. The second-order valence-corrected chi connectivity index (χ2v) is 18.1. The third-order valence-electron chi connectivity index (χ3n) is 10.3. The molecule has 3 aromatic rings. The Morgan fingerprint density at radius 3 is 2.00 bits per heavy atom. The van der Waals surface area contributed by atoms with E-state index < -0.39 is 8.32 Å². The molecule has 0 amide bonds. The molecule has 42 heavy (non-hydrogen) atoms. The van der Waals surface area contributed by atoms with Crippen LogP contribution in [0.5, 0.6) is 0 Å². The molecule has 1 saturated heterocycles. The zero-order valence-electron chi connectivity index (χ0n) is 26.3. The summed E-state index contributed by atoms with van der Waals surface area (Å²) >= 11 is 0. The molecule has 4 heteroatoms. The van der Waals surface area contributed by atoms with Crippen molar-refractivity contribution in [3.63, 3.8) is 0 Å². The molecular weight excluding hydrogens is 531 g/mol. The van der Waals surface area contributed by atoms with Gasteiger partial charge in [0.25, 0.3) is 8.32 Å². The summed E-state index contributed by atoms with van der Waals surface area (Å²) in [6.07, 6.45) is 11.6. The van der Waals surface area contributed by atoms with E-state index in [1.807, 2.05) is 0 Å². The maximum absolute atomic E-state index is 10.4.